The van der Waals surface area contributed by atoms with Gasteiger partial charge in [-0.25, -0.2) is 8.51 Å². The van der Waals surface area contributed by atoms with Gasteiger partial charge >= 0.3 is 0 Å². The van der Waals surface area contributed by atoms with Crippen molar-refractivity contribution >= 4 is 45.8 Å². The third-order valence-electron chi connectivity index (χ3n) is 5.64. The Labute approximate surface area is 208 Å². The molecule has 3 rings (SSSR count). The van der Waals surface area contributed by atoms with Gasteiger partial charge in [-0.3, -0.25) is 4.79 Å². The Morgan fingerprint density at radius 2 is 1.94 bits per heavy atom. The largest absolute Gasteiger partial charge is 0.496 e. The van der Waals surface area contributed by atoms with Gasteiger partial charge in [0.05, 0.1) is 28.1 Å². The zero-order valence-electron chi connectivity index (χ0n) is 19.3. The van der Waals surface area contributed by atoms with Crippen LogP contribution in [0.5, 0.6) is 17.2 Å². The standard InChI is InChI=1S/C24H30Cl2N2O4S/c1-15(2)19-13-18(7-8-22(19)31-3)32-24-20(25)11-17(12-21(24)26)27-23(29)10-16-6-5-9-28(14-16)33(4)30/h7-8,11-13,15-16H,5-6,9-10,14H2,1-4H3,(H,27,29). The molecule has 0 saturated carbocycles. The van der Waals surface area contributed by atoms with Gasteiger partial charge in [0.15, 0.2) is 5.75 Å². The first-order chi connectivity index (χ1) is 15.7. The van der Waals surface area contributed by atoms with Gasteiger partial charge < -0.3 is 14.8 Å². The molecule has 1 amide bonds. The lowest BCUT2D eigenvalue weighted by atomic mass is 9.96. The van der Waals surface area contributed by atoms with Crippen molar-refractivity contribution in [3.8, 4) is 17.2 Å². The molecule has 0 spiro atoms. The average Bonchev–Trinajstić information content (AvgIpc) is 2.76. The van der Waals surface area contributed by atoms with E-state index in [1.54, 1.807) is 31.6 Å². The van der Waals surface area contributed by atoms with E-state index >= 15 is 0 Å². The highest BCUT2D eigenvalue weighted by atomic mass is 35.5. The number of benzene rings is 2. The normalized spacial score (nSPS) is 17.6. The van der Waals surface area contributed by atoms with Crippen molar-refractivity contribution < 1.29 is 18.5 Å². The molecule has 1 heterocycles. The van der Waals surface area contributed by atoms with Crippen LogP contribution in [-0.2, 0) is 15.8 Å². The van der Waals surface area contributed by atoms with Crippen molar-refractivity contribution in [1.82, 2.24) is 4.31 Å². The average molecular weight is 513 g/mol. The quantitative estimate of drug-likeness (QED) is 0.453. The molecule has 1 fully saturated rings. The van der Waals surface area contributed by atoms with Gasteiger partial charge in [0.25, 0.3) is 0 Å². The third-order valence-corrected chi connectivity index (χ3v) is 7.26. The van der Waals surface area contributed by atoms with Gasteiger partial charge in [-0.2, -0.15) is 0 Å². The molecule has 2 aromatic carbocycles. The monoisotopic (exact) mass is 512 g/mol. The second kappa shape index (κ2) is 11.6. The van der Waals surface area contributed by atoms with Gasteiger partial charge in [-0.05, 0) is 55.0 Å². The first-order valence-corrected chi connectivity index (χ1v) is 13.2. The molecule has 1 aliphatic rings. The fourth-order valence-electron chi connectivity index (χ4n) is 3.98. The predicted molar refractivity (Wildman–Crippen MR) is 135 cm³/mol. The number of methoxy groups -OCH3 is 1. The molecule has 9 heteroatoms. The highest BCUT2D eigenvalue weighted by molar-refractivity contribution is 7.81. The fraction of sp³-hybridized carbons (Fsp3) is 0.458. The molecule has 2 unspecified atom stereocenters. The molecule has 0 aromatic heterocycles. The Hall–Kier alpha value is -1.80. The van der Waals surface area contributed by atoms with E-state index in [9.17, 15) is 9.00 Å². The van der Waals surface area contributed by atoms with Crippen molar-refractivity contribution in [2.75, 3.05) is 31.8 Å². The number of ether oxygens (including phenoxy) is 2. The zero-order valence-corrected chi connectivity index (χ0v) is 21.6. The number of anilines is 1. The summed E-state index contributed by atoms with van der Waals surface area (Å²) in [7, 11) is 0.625. The van der Waals surface area contributed by atoms with E-state index in [0.717, 1.165) is 30.7 Å². The van der Waals surface area contributed by atoms with Gasteiger partial charge in [0.1, 0.15) is 11.5 Å². The Balaban J connectivity index is 1.68. The molecule has 33 heavy (non-hydrogen) atoms. The van der Waals surface area contributed by atoms with Crippen LogP contribution < -0.4 is 14.8 Å². The predicted octanol–water partition coefficient (Wildman–Crippen LogP) is 6.25. The van der Waals surface area contributed by atoms with Gasteiger partial charge in [-0.1, -0.05) is 37.0 Å². The van der Waals surface area contributed by atoms with Crippen LogP contribution in [0.15, 0.2) is 30.3 Å². The Morgan fingerprint density at radius 3 is 2.55 bits per heavy atom. The third kappa shape index (κ3) is 6.85. The number of amides is 1. The van der Waals surface area contributed by atoms with E-state index < -0.39 is 11.0 Å². The van der Waals surface area contributed by atoms with Crippen molar-refractivity contribution in [1.29, 1.82) is 0 Å². The number of piperidine rings is 1. The van der Waals surface area contributed by atoms with Gasteiger partial charge in [0, 0.05) is 37.0 Å². The van der Waals surface area contributed by atoms with Crippen LogP contribution in [0.2, 0.25) is 10.0 Å². The van der Waals surface area contributed by atoms with E-state index in [1.165, 1.54) is 0 Å². The molecule has 2 atom stereocenters. The number of carbonyl (C=O) groups excluding carboxylic acids is 1. The van der Waals surface area contributed by atoms with Crippen LogP contribution in [0.4, 0.5) is 5.69 Å². The summed E-state index contributed by atoms with van der Waals surface area (Å²) >= 11 is 12.9. The minimum Gasteiger partial charge on any atom is -0.496 e. The maximum Gasteiger partial charge on any atom is 0.224 e. The first-order valence-electron chi connectivity index (χ1n) is 10.9. The van der Waals surface area contributed by atoms with E-state index in [1.807, 2.05) is 16.4 Å². The summed E-state index contributed by atoms with van der Waals surface area (Å²) in [6.45, 7) is 5.61. The molecule has 0 radical (unpaired) electrons. The highest BCUT2D eigenvalue weighted by Crippen LogP contribution is 2.40. The summed E-state index contributed by atoms with van der Waals surface area (Å²) in [5.74, 6) is 2.00. The molecule has 6 nitrogen and oxygen atoms in total. The molecular formula is C24H30Cl2N2O4S. The fourth-order valence-corrected chi connectivity index (χ4v) is 5.35. The summed E-state index contributed by atoms with van der Waals surface area (Å²) in [5.41, 5.74) is 1.52. The second-order valence-electron chi connectivity index (χ2n) is 8.50. The van der Waals surface area contributed by atoms with Crippen LogP contribution in [-0.4, -0.2) is 40.9 Å². The molecule has 0 aliphatic carbocycles. The number of halogens is 2. The summed E-state index contributed by atoms with van der Waals surface area (Å²) in [6, 6.07) is 8.80. The lowest BCUT2D eigenvalue weighted by Crippen LogP contribution is -2.37. The molecule has 1 N–H and O–H groups in total. The van der Waals surface area contributed by atoms with Crippen LogP contribution in [0.1, 0.15) is 44.6 Å². The second-order valence-corrected chi connectivity index (χ2v) is 10.7. The molecule has 1 saturated heterocycles. The topological polar surface area (TPSA) is 67.9 Å². The lowest BCUT2D eigenvalue weighted by Gasteiger charge is -2.30. The van der Waals surface area contributed by atoms with Crippen molar-refractivity contribution in [3.63, 3.8) is 0 Å². The highest BCUT2D eigenvalue weighted by Gasteiger charge is 2.24. The zero-order chi connectivity index (χ0) is 24.1. The number of carbonyl (C=O) groups is 1. The summed E-state index contributed by atoms with van der Waals surface area (Å²) in [6.07, 6.45) is 3.90. The van der Waals surface area contributed by atoms with Crippen molar-refractivity contribution in [3.05, 3.63) is 45.9 Å². The van der Waals surface area contributed by atoms with Crippen LogP contribution in [0, 0.1) is 5.92 Å². The van der Waals surface area contributed by atoms with Gasteiger partial charge in [-0.15, -0.1) is 0 Å². The van der Waals surface area contributed by atoms with Crippen molar-refractivity contribution in [2.24, 2.45) is 5.92 Å². The smallest absolute Gasteiger partial charge is 0.224 e. The minimum absolute atomic E-state index is 0.124. The Kier molecular flexibility index (Phi) is 9.04. The molecular weight excluding hydrogens is 483 g/mol. The van der Waals surface area contributed by atoms with Gasteiger partial charge in [0.2, 0.25) is 5.91 Å². The maximum atomic E-state index is 12.6. The summed E-state index contributed by atoms with van der Waals surface area (Å²) < 4.78 is 25.0. The summed E-state index contributed by atoms with van der Waals surface area (Å²) in [5, 5.41) is 3.46. The number of nitrogens with zero attached hydrogens (tertiary/aromatic N) is 1. The molecule has 2 aromatic rings. The minimum atomic E-state index is -1.01. The SMILES string of the molecule is COc1ccc(Oc2c(Cl)cc(NC(=O)CC3CCCN(S(C)=O)C3)cc2Cl)cc1C(C)C. The van der Waals surface area contributed by atoms with E-state index in [0.29, 0.717) is 40.2 Å². The first kappa shape index (κ1) is 25.8. The Bertz CT molecular complexity index is 1010. The van der Waals surface area contributed by atoms with E-state index in [4.69, 9.17) is 32.7 Å². The maximum absolute atomic E-state index is 12.6. The number of hydrogen-bond donors (Lipinski definition) is 1. The number of rotatable bonds is 8. The van der Waals surface area contributed by atoms with Crippen molar-refractivity contribution in [2.45, 2.75) is 39.0 Å². The molecule has 0 bridgehead atoms. The van der Waals surface area contributed by atoms with Crippen LogP contribution in [0.25, 0.3) is 0 Å². The molecule has 180 valence electrons. The number of nitrogens with one attached hydrogen (secondary N) is 1. The molecule has 1 aliphatic heterocycles. The van der Waals surface area contributed by atoms with E-state index in [2.05, 4.69) is 19.2 Å². The van der Waals surface area contributed by atoms with Crippen LogP contribution in [0.3, 0.4) is 0 Å². The van der Waals surface area contributed by atoms with E-state index in [-0.39, 0.29) is 17.7 Å². The lowest BCUT2D eigenvalue weighted by molar-refractivity contribution is -0.117. The van der Waals surface area contributed by atoms with Crippen LogP contribution >= 0.6 is 23.2 Å². The number of hydrogen-bond acceptors (Lipinski definition) is 4. The summed E-state index contributed by atoms with van der Waals surface area (Å²) in [4.78, 5) is 12.6. The Morgan fingerprint density at radius 1 is 1.24 bits per heavy atom.